The maximum atomic E-state index is 12.4. The zero-order valence-electron chi connectivity index (χ0n) is 15.7. The minimum atomic E-state index is -0.610. The average molecular weight is 380 g/mol. The van der Waals surface area contributed by atoms with E-state index >= 15 is 0 Å². The number of aromatic nitrogens is 1. The monoisotopic (exact) mass is 380 g/mol. The quantitative estimate of drug-likeness (QED) is 0.826. The molecule has 1 N–H and O–H groups in total. The summed E-state index contributed by atoms with van der Waals surface area (Å²) in [4.78, 5) is 16.9. The maximum absolute atomic E-state index is 12.4. The fourth-order valence-electron chi connectivity index (χ4n) is 2.83. The molecule has 1 saturated carbocycles. The molecule has 1 aromatic heterocycles. The van der Waals surface area contributed by atoms with Crippen LogP contribution in [0.1, 0.15) is 19.8 Å². The third kappa shape index (κ3) is 4.69. The van der Waals surface area contributed by atoms with Crippen LogP contribution in [0.25, 0.3) is 11.3 Å². The molecule has 0 radical (unpaired) electrons. The lowest BCUT2D eigenvalue weighted by Crippen LogP contribution is -2.39. The molecule has 1 atom stereocenters. The van der Waals surface area contributed by atoms with Gasteiger partial charge < -0.3 is 19.5 Å². The number of methoxy groups -OCH3 is 1. The third-order valence-corrected chi connectivity index (χ3v) is 4.57. The average Bonchev–Trinajstić information content (AvgIpc) is 3.57. The van der Waals surface area contributed by atoms with Gasteiger partial charge in [-0.15, -0.1) is 0 Å². The van der Waals surface area contributed by atoms with Crippen LogP contribution in [0.4, 0.5) is 5.69 Å². The fourth-order valence-corrected chi connectivity index (χ4v) is 2.83. The van der Waals surface area contributed by atoms with E-state index in [4.69, 9.17) is 14.2 Å². The lowest BCUT2D eigenvalue weighted by Gasteiger charge is -2.22. The van der Waals surface area contributed by atoms with Crippen LogP contribution in [-0.2, 0) is 14.3 Å². The zero-order chi connectivity index (χ0) is 19.3. The van der Waals surface area contributed by atoms with Crippen molar-refractivity contribution in [2.24, 2.45) is 5.92 Å². The van der Waals surface area contributed by atoms with E-state index in [1.54, 1.807) is 13.2 Å². The first kappa shape index (κ1) is 18.5. The molecule has 1 amide bonds. The number of pyridine rings is 1. The lowest BCUT2D eigenvalue weighted by atomic mass is 10.1. The van der Waals surface area contributed by atoms with E-state index in [1.807, 2.05) is 30.3 Å². The molecule has 28 heavy (non-hydrogen) atoms. The van der Waals surface area contributed by atoms with Crippen molar-refractivity contribution >= 4 is 11.6 Å². The summed E-state index contributed by atoms with van der Waals surface area (Å²) >= 11 is 0. The summed E-state index contributed by atoms with van der Waals surface area (Å²) in [5.41, 5.74) is 3.21. The van der Waals surface area contributed by atoms with E-state index in [-0.39, 0.29) is 13.9 Å². The minimum Gasteiger partial charge on any atom is -0.481 e. The standard InChI is InChI=1S/C22H22N2O4.H2/c1-26-21-13-18(23-22(25)20-14-27-10-11-28-20)12-19(24-21)17-8-6-16(7-9-17)5-4-15-2-3-15;/h6-9,12-13,15,20H,2-3,10-11,14H2,1H3,(H,23,24,25);1H/t20-;/m0./s1. The summed E-state index contributed by atoms with van der Waals surface area (Å²) in [5.74, 6) is 7.21. The maximum Gasteiger partial charge on any atom is 0.255 e. The van der Waals surface area contributed by atoms with Gasteiger partial charge in [0.2, 0.25) is 5.88 Å². The number of anilines is 1. The Bertz CT molecular complexity index is 911. The van der Waals surface area contributed by atoms with Gasteiger partial charge in [-0.2, -0.15) is 0 Å². The van der Waals surface area contributed by atoms with Gasteiger partial charge in [-0.3, -0.25) is 4.79 Å². The summed E-state index contributed by atoms with van der Waals surface area (Å²) in [6.45, 7) is 1.18. The van der Waals surface area contributed by atoms with Gasteiger partial charge in [0, 0.05) is 30.2 Å². The molecule has 2 heterocycles. The third-order valence-electron chi connectivity index (χ3n) is 4.57. The highest BCUT2D eigenvalue weighted by Crippen LogP contribution is 2.28. The Hall–Kier alpha value is -2.88. The Morgan fingerprint density at radius 3 is 2.75 bits per heavy atom. The van der Waals surface area contributed by atoms with E-state index in [0.29, 0.717) is 36.4 Å². The van der Waals surface area contributed by atoms with E-state index in [0.717, 1.165) is 11.1 Å². The molecule has 6 heteroatoms. The topological polar surface area (TPSA) is 69.7 Å². The van der Waals surface area contributed by atoms with Crippen molar-refractivity contribution < 1.29 is 20.4 Å². The van der Waals surface area contributed by atoms with Gasteiger partial charge >= 0.3 is 0 Å². The number of ether oxygens (including phenoxy) is 3. The number of nitrogens with zero attached hydrogens (tertiary/aromatic N) is 1. The summed E-state index contributed by atoms with van der Waals surface area (Å²) in [6, 6.07) is 11.4. The first-order chi connectivity index (χ1) is 13.7. The molecular weight excluding hydrogens is 356 g/mol. The van der Waals surface area contributed by atoms with Crippen LogP contribution in [-0.4, -0.2) is 43.9 Å². The molecular formula is C22H24N2O4. The van der Waals surface area contributed by atoms with Crippen LogP contribution in [0.15, 0.2) is 36.4 Å². The Kier molecular flexibility index (Phi) is 5.56. The largest absolute Gasteiger partial charge is 0.481 e. The summed E-state index contributed by atoms with van der Waals surface area (Å²) < 4.78 is 16.0. The first-order valence-corrected chi connectivity index (χ1v) is 9.39. The number of rotatable bonds is 4. The summed E-state index contributed by atoms with van der Waals surface area (Å²) in [7, 11) is 1.55. The summed E-state index contributed by atoms with van der Waals surface area (Å²) in [5, 5.41) is 2.86. The Labute approximate surface area is 165 Å². The van der Waals surface area contributed by atoms with E-state index in [9.17, 15) is 4.79 Å². The van der Waals surface area contributed by atoms with Gasteiger partial charge in [-0.05, 0) is 31.0 Å². The minimum absolute atomic E-state index is 0. The second-order valence-electron chi connectivity index (χ2n) is 6.83. The molecule has 4 rings (SSSR count). The number of benzene rings is 1. The van der Waals surface area contributed by atoms with E-state index < -0.39 is 6.10 Å². The first-order valence-electron chi connectivity index (χ1n) is 9.39. The Balaban J connectivity index is 0.00000240. The van der Waals surface area contributed by atoms with E-state index in [2.05, 4.69) is 22.1 Å². The number of hydrogen-bond donors (Lipinski definition) is 1. The molecule has 1 saturated heterocycles. The van der Waals surface area contributed by atoms with Crippen molar-refractivity contribution in [1.82, 2.24) is 4.98 Å². The highest BCUT2D eigenvalue weighted by atomic mass is 16.6. The smallest absolute Gasteiger partial charge is 0.255 e. The highest BCUT2D eigenvalue weighted by Gasteiger charge is 2.23. The molecule has 0 unspecified atom stereocenters. The van der Waals surface area contributed by atoms with Gasteiger partial charge in [-0.1, -0.05) is 24.0 Å². The number of carbonyl (C=O) groups is 1. The van der Waals surface area contributed by atoms with Crippen LogP contribution in [0.5, 0.6) is 5.88 Å². The summed E-state index contributed by atoms with van der Waals surface area (Å²) in [6.07, 6.45) is 1.82. The van der Waals surface area contributed by atoms with Crippen molar-refractivity contribution in [1.29, 1.82) is 0 Å². The van der Waals surface area contributed by atoms with Crippen molar-refractivity contribution in [3.63, 3.8) is 0 Å². The molecule has 2 aromatic rings. The molecule has 0 spiro atoms. The van der Waals surface area contributed by atoms with Gasteiger partial charge in [0.05, 0.1) is 32.6 Å². The van der Waals surface area contributed by atoms with Crippen molar-refractivity contribution in [2.75, 3.05) is 32.2 Å². The second kappa shape index (κ2) is 8.42. The van der Waals surface area contributed by atoms with Gasteiger partial charge in [-0.25, -0.2) is 4.98 Å². The molecule has 1 aliphatic heterocycles. The van der Waals surface area contributed by atoms with Crippen LogP contribution in [0, 0.1) is 17.8 Å². The highest BCUT2D eigenvalue weighted by molar-refractivity contribution is 5.95. The van der Waals surface area contributed by atoms with Gasteiger partial charge in [0.15, 0.2) is 6.10 Å². The number of carbonyl (C=O) groups excluding carboxylic acids is 1. The van der Waals surface area contributed by atoms with Crippen LogP contribution < -0.4 is 10.1 Å². The Morgan fingerprint density at radius 1 is 1.25 bits per heavy atom. The number of hydrogen-bond acceptors (Lipinski definition) is 5. The molecule has 2 fully saturated rings. The van der Waals surface area contributed by atoms with E-state index in [1.165, 1.54) is 12.8 Å². The lowest BCUT2D eigenvalue weighted by molar-refractivity contribution is -0.142. The van der Waals surface area contributed by atoms with Crippen molar-refractivity contribution in [3.8, 4) is 29.0 Å². The molecule has 2 aliphatic rings. The SMILES string of the molecule is COc1cc(NC(=O)[C@@H]2COCCO2)cc(-c2ccc(C#CC3CC3)cc2)n1.[HH]. The number of nitrogens with one attached hydrogen (secondary N) is 1. The molecule has 1 aliphatic carbocycles. The van der Waals surface area contributed by atoms with Gasteiger partial charge in [0.25, 0.3) is 5.91 Å². The van der Waals surface area contributed by atoms with Crippen LogP contribution >= 0.6 is 0 Å². The van der Waals surface area contributed by atoms with Crippen molar-refractivity contribution in [2.45, 2.75) is 18.9 Å². The van der Waals surface area contributed by atoms with Crippen LogP contribution in [0.3, 0.4) is 0 Å². The van der Waals surface area contributed by atoms with Gasteiger partial charge in [0.1, 0.15) is 0 Å². The molecule has 6 nitrogen and oxygen atoms in total. The van der Waals surface area contributed by atoms with Crippen molar-refractivity contribution in [3.05, 3.63) is 42.0 Å². The molecule has 146 valence electrons. The molecule has 0 bridgehead atoms. The fraction of sp³-hybridized carbons (Fsp3) is 0.364. The molecule has 1 aromatic carbocycles. The second-order valence-corrected chi connectivity index (χ2v) is 6.83. The Morgan fingerprint density at radius 2 is 2.07 bits per heavy atom. The number of amides is 1. The zero-order valence-corrected chi connectivity index (χ0v) is 15.7. The predicted octanol–water partition coefficient (Wildman–Crippen LogP) is 3.12. The van der Waals surface area contributed by atoms with Crippen LogP contribution in [0.2, 0.25) is 0 Å². The predicted molar refractivity (Wildman–Crippen MR) is 107 cm³/mol. The normalized spacial score (nSPS) is 18.7.